The predicted octanol–water partition coefficient (Wildman–Crippen LogP) is 2.96. The van der Waals surface area contributed by atoms with Crippen LogP contribution in [-0.4, -0.2) is 30.8 Å². The van der Waals surface area contributed by atoms with E-state index in [1.54, 1.807) is 18.2 Å². The SMILES string of the molecule is COC(=O)c1cnc(OCC(F)(F)F)c2ccccc12. The molecule has 2 rings (SSSR count). The van der Waals surface area contributed by atoms with Gasteiger partial charge in [0.2, 0.25) is 5.88 Å². The summed E-state index contributed by atoms with van der Waals surface area (Å²) in [5, 5.41) is 0.742. The number of aromatic nitrogens is 1. The number of pyridine rings is 1. The molecule has 0 unspecified atom stereocenters. The van der Waals surface area contributed by atoms with Crippen LogP contribution in [0, 0.1) is 0 Å². The molecule has 0 saturated carbocycles. The minimum Gasteiger partial charge on any atom is -0.468 e. The highest BCUT2D eigenvalue weighted by Gasteiger charge is 2.29. The van der Waals surface area contributed by atoms with E-state index in [0.29, 0.717) is 10.8 Å². The molecule has 20 heavy (non-hydrogen) atoms. The summed E-state index contributed by atoms with van der Waals surface area (Å²) < 4.78 is 45.8. The van der Waals surface area contributed by atoms with Gasteiger partial charge in [-0.05, 0) is 6.07 Å². The lowest BCUT2D eigenvalue weighted by Gasteiger charge is -2.11. The standard InChI is InChI=1S/C13H10F3NO3/c1-19-12(18)10-6-17-11(20-7-13(14,15)16)9-5-3-2-4-8(9)10/h2-6H,7H2,1H3. The van der Waals surface area contributed by atoms with Gasteiger partial charge in [0.25, 0.3) is 0 Å². The Morgan fingerprint density at radius 1 is 1.25 bits per heavy atom. The van der Waals surface area contributed by atoms with Crippen LogP contribution in [0.15, 0.2) is 30.5 Å². The zero-order valence-electron chi connectivity index (χ0n) is 10.4. The molecule has 0 spiro atoms. The van der Waals surface area contributed by atoms with E-state index in [1.165, 1.54) is 13.2 Å². The Labute approximate surface area is 112 Å². The molecule has 0 bridgehead atoms. The summed E-state index contributed by atoms with van der Waals surface area (Å²) in [5.74, 6) is -0.790. The smallest absolute Gasteiger partial charge is 0.422 e. The van der Waals surface area contributed by atoms with E-state index in [1.807, 2.05) is 0 Å². The largest absolute Gasteiger partial charge is 0.468 e. The average molecular weight is 285 g/mol. The highest BCUT2D eigenvalue weighted by atomic mass is 19.4. The second-order valence-electron chi connectivity index (χ2n) is 3.92. The number of fused-ring (bicyclic) bond motifs is 1. The number of methoxy groups -OCH3 is 1. The molecule has 1 aromatic heterocycles. The molecule has 0 aliphatic heterocycles. The number of nitrogens with zero attached hydrogens (tertiary/aromatic N) is 1. The number of halogens is 3. The lowest BCUT2D eigenvalue weighted by Crippen LogP contribution is -2.20. The van der Waals surface area contributed by atoms with Crippen LogP contribution < -0.4 is 4.74 Å². The monoisotopic (exact) mass is 285 g/mol. The molecule has 1 heterocycles. The van der Waals surface area contributed by atoms with E-state index in [4.69, 9.17) is 0 Å². The van der Waals surface area contributed by atoms with Crippen molar-refractivity contribution >= 4 is 16.7 Å². The molecule has 0 amide bonds. The van der Waals surface area contributed by atoms with Gasteiger partial charge in [-0.25, -0.2) is 9.78 Å². The lowest BCUT2D eigenvalue weighted by atomic mass is 10.1. The number of hydrogen-bond donors (Lipinski definition) is 0. The second-order valence-corrected chi connectivity index (χ2v) is 3.92. The molecule has 0 aliphatic rings. The number of hydrogen-bond acceptors (Lipinski definition) is 4. The van der Waals surface area contributed by atoms with E-state index in [9.17, 15) is 18.0 Å². The van der Waals surface area contributed by atoms with Gasteiger partial charge in [-0.15, -0.1) is 0 Å². The molecule has 0 saturated heterocycles. The molecule has 0 fully saturated rings. The summed E-state index contributed by atoms with van der Waals surface area (Å²) in [7, 11) is 1.21. The number of esters is 1. The van der Waals surface area contributed by atoms with Crippen LogP contribution in [0.5, 0.6) is 5.88 Å². The van der Waals surface area contributed by atoms with E-state index in [-0.39, 0.29) is 11.4 Å². The van der Waals surface area contributed by atoms with Gasteiger partial charge in [0.1, 0.15) is 0 Å². The highest BCUT2D eigenvalue weighted by molar-refractivity contribution is 6.05. The lowest BCUT2D eigenvalue weighted by molar-refractivity contribution is -0.153. The zero-order chi connectivity index (χ0) is 14.8. The Kier molecular flexibility index (Phi) is 3.78. The molecule has 0 radical (unpaired) electrons. The van der Waals surface area contributed by atoms with Crippen LogP contribution in [0.3, 0.4) is 0 Å². The van der Waals surface area contributed by atoms with E-state index >= 15 is 0 Å². The molecular formula is C13H10F3NO3. The Balaban J connectivity index is 2.46. The van der Waals surface area contributed by atoms with Gasteiger partial charge >= 0.3 is 12.1 Å². The normalized spacial score (nSPS) is 11.4. The summed E-state index contributed by atoms with van der Waals surface area (Å²) in [6.45, 7) is -1.44. The summed E-state index contributed by atoms with van der Waals surface area (Å²) in [4.78, 5) is 15.3. The van der Waals surface area contributed by atoms with Gasteiger partial charge in [0, 0.05) is 17.0 Å². The Hall–Kier alpha value is -2.31. The Bertz CT molecular complexity index is 640. The minimum absolute atomic E-state index is 0.169. The van der Waals surface area contributed by atoms with Gasteiger partial charge in [0.05, 0.1) is 12.7 Å². The molecule has 4 nitrogen and oxygen atoms in total. The van der Waals surface area contributed by atoms with Gasteiger partial charge in [-0.3, -0.25) is 0 Å². The first kappa shape index (κ1) is 14.1. The van der Waals surface area contributed by atoms with Crippen molar-refractivity contribution in [1.29, 1.82) is 0 Å². The Morgan fingerprint density at radius 2 is 1.90 bits per heavy atom. The van der Waals surface area contributed by atoms with E-state index < -0.39 is 18.8 Å². The van der Waals surface area contributed by atoms with Gasteiger partial charge < -0.3 is 9.47 Å². The number of rotatable bonds is 3. The number of alkyl halides is 3. The van der Waals surface area contributed by atoms with Crippen LogP contribution in [0.1, 0.15) is 10.4 Å². The third-order valence-corrected chi connectivity index (χ3v) is 2.54. The van der Waals surface area contributed by atoms with Crippen LogP contribution in [0.2, 0.25) is 0 Å². The van der Waals surface area contributed by atoms with Crippen LogP contribution in [0.4, 0.5) is 13.2 Å². The zero-order valence-corrected chi connectivity index (χ0v) is 10.4. The molecule has 0 aliphatic carbocycles. The van der Waals surface area contributed by atoms with Gasteiger partial charge in [-0.1, -0.05) is 18.2 Å². The third kappa shape index (κ3) is 2.98. The van der Waals surface area contributed by atoms with Crippen molar-refractivity contribution in [2.75, 3.05) is 13.7 Å². The number of carbonyl (C=O) groups excluding carboxylic acids is 1. The molecular weight excluding hydrogens is 275 g/mol. The van der Waals surface area contributed by atoms with Crippen molar-refractivity contribution in [3.8, 4) is 5.88 Å². The van der Waals surface area contributed by atoms with Crippen molar-refractivity contribution in [2.45, 2.75) is 6.18 Å². The first-order chi connectivity index (χ1) is 9.42. The van der Waals surface area contributed by atoms with Gasteiger partial charge in [0.15, 0.2) is 6.61 Å². The first-order valence-corrected chi connectivity index (χ1v) is 5.58. The summed E-state index contributed by atoms with van der Waals surface area (Å²) >= 11 is 0. The molecule has 0 atom stereocenters. The molecule has 0 N–H and O–H groups in total. The predicted molar refractivity (Wildman–Crippen MR) is 64.6 cm³/mol. The summed E-state index contributed by atoms with van der Waals surface area (Å²) in [6, 6.07) is 6.39. The van der Waals surface area contributed by atoms with Crippen LogP contribution in [0.25, 0.3) is 10.8 Å². The highest BCUT2D eigenvalue weighted by Crippen LogP contribution is 2.27. The Morgan fingerprint density at radius 3 is 2.50 bits per heavy atom. The molecule has 2 aromatic rings. The minimum atomic E-state index is -4.45. The third-order valence-electron chi connectivity index (χ3n) is 2.54. The quantitative estimate of drug-likeness (QED) is 0.813. The maximum Gasteiger partial charge on any atom is 0.422 e. The summed E-state index contributed by atoms with van der Waals surface area (Å²) in [6.07, 6.45) is -3.32. The van der Waals surface area contributed by atoms with Crippen molar-refractivity contribution < 1.29 is 27.4 Å². The van der Waals surface area contributed by atoms with Crippen molar-refractivity contribution in [3.05, 3.63) is 36.0 Å². The van der Waals surface area contributed by atoms with Crippen molar-refractivity contribution in [2.24, 2.45) is 0 Å². The molecule has 106 valence electrons. The van der Waals surface area contributed by atoms with Crippen molar-refractivity contribution in [1.82, 2.24) is 4.98 Å². The van der Waals surface area contributed by atoms with Crippen LogP contribution in [-0.2, 0) is 4.74 Å². The number of ether oxygens (including phenoxy) is 2. The fourth-order valence-corrected chi connectivity index (χ4v) is 1.70. The fourth-order valence-electron chi connectivity index (χ4n) is 1.70. The number of carbonyl (C=O) groups is 1. The first-order valence-electron chi connectivity index (χ1n) is 5.58. The van der Waals surface area contributed by atoms with E-state index in [2.05, 4.69) is 14.5 Å². The molecule has 7 heteroatoms. The topological polar surface area (TPSA) is 48.4 Å². The van der Waals surface area contributed by atoms with E-state index in [0.717, 1.165) is 6.20 Å². The fraction of sp³-hybridized carbons (Fsp3) is 0.231. The second kappa shape index (κ2) is 5.36. The summed E-state index contributed by atoms with van der Waals surface area (Å²) in [5.41, 5.74) is 0.169. The van der Waals surface area contributed by atoms with Crippen LogP contribution >= 0.6 is 0 Å². The number of benzene rings is 1. The van der Waals surface area contributed by atoms with Gasteiger partial charge in [-0.2, -0.15) is 13.2 Å². The maximum atomic E-state index is 12.2. The molecule has 1 aromatic carbocycles. The average Bonchev–Trinajstić information content (AvgIpc) is 2.43. The van der Waals surface area contributed by atoms with Crippen molar-refractivity contribution in [3.63, 3.8) is 0 Å². The maximum absolute atomic E-state index is 12.2.